The van der Waals surface area contributed by atoms with Crippen LogP contribution in [0, 0.1) is 0 Å². The first-order chi connectivity index (χ1) is 10.9. The summed E-state index contributed by atoms with van der Waals surface area (Å²) in [6.07, 6.45) is 1.46. The second kappa shape index (κ2) is 7.35. The Labute approximate surface area is 144 Å². The van der Waals surface area contributed by atoms with E-state index in [2.05, 4.69) is 10.5 Å². The Morgan fingerprint density at radius 2 is 1.87 bits per heavy atom. The van der Waals surface area contributed by atoms with E-state index in [1.54, 1.807) is 12.1 Å². The van der Waals surface area contributed by atoms with Crippen molar-refractivity contribution in [3.63, 3.8) is 0 Å². The number of rotatable bonds is 4. The molecule has 0 atom stereocenters. The molecule has 0 fully saturated rings. The number of phenolic OH excluding ortho intramolecular Hbond substituents is 1. The first-order valence-electron chi connectivity index (χ1n) is 6.67. The Bertz CT molecular complexity index is 744. The predicted molar refractivity (Wildman–Crippen MR) is 94.0 cm³/mol. The number of aromatic hydroxyl groups is 1. The number of amides is 1. The van der Waals surface area contributed by atoms with Crippen molar-refractivity contribution in [2.24, 2.45) is 5.10 Å². The molecule has 2 rings (SSSR count). The van der Waals surface area contributed by atoms with E-state index in [0.717, 1.165) is 5.69 Å². The Kier molecular flexibility index (Phi) is 5.47. The van der Waals surface area contributed by atoms with E-state index in [1.165, 1.54) is 30.5 Å². The molecule has 0 aromatic heterocycles. The molecule has 120 valence electrons. The first-order valence-corrected chi connectivity index (χ1v) is 7.43. The summed E-state index contributed by atoms with van der Waals surface area (Å²) in [7, 11) is 3.71. The quantitative estimate of drug-likeness (QED) is 0.654. The third kappa shape index (κ3) is 4.37. The zero-order valence-corrected chi connectivity index (χ0v) is 14.1. The number of nitrogens with one attached hydrogen (secondary N) is 1. The fraction of sp³-hybridized carbons (Fsp3) is 0.125. The van der Waals surface area contributed by atoms with E-state index in [1.807, 2.05) is 19.0 Å². The molecule has 2 aromatic rings. The summed E-state index contributed by atoms with van der Waals surface area (Å²) in [4.78, 5) is 13.8. The van der Waals surface area contributed by atoms with Crippen LogP contribution in [0.3, 0.4) is 0 Å². The van der Waals surface area contributed by atoms with Gasteiger partial charge in [-0.1, -0.05) is 23.2 Å². The number of hydrogen-bond donors (Lipinski definition) is 2. The highest BCUT2D eigenvalue weighted by Gasteiger charge is 2.10. The summed E-state index contributed by atoms with van der Waals surface area (Å²) in [6.45, 7) is 0. The number of hydrazone groups is 1. The molecule has 0 bridgehead atoms. The van der Waals surface area contributed by atoms with E-state index in [-0.39, 0.29) is 5.75 Å². The van der Waals surface area contributed by atoms with Gasteiger partial charge >= 0.3 is 0 Å². The molecule has 0 aliphatic rings. The van der Waals surface area contributed by atoms with Crippen molar-refractivity contribution in [3.8, 4) is 5.75 Å². The Morgan fingerprint density at radius 3 is 2.48 bits per heavy atom. The second-order valence-electron chi connectivity index (χ2n) is 4.96. The molecule has 2 aromatic carbocycles. The summed E-state index contributed by atoms with van der Waals surface area (Å²) >= 11 is 12.2. The van der Waals surface area contributed by atoms with Gasteiger partial charge in [0.2, 0.25) is 0 Å². The van der Waals surface area contributed by atoms with Crippen LogP contribution >= 0.6 is 23.2 Å². The molecule has 1 amide bonds. The topological polar surface area (TPSA) is 64.9 Å². The summed E-state index contributed by atoms with van der Waals surface area (Å²) in [6, 6.07) is 9.23. The summed E-state index contributed by atoms with van der Waals surface area (Å²) in [5.74, 6) is -0.300. The molecule has 0 aliphatic heterocycles. The molecule has 0 heterocycles. The number of carbonyl (C=O) groups excluding carboxylic acids is 1. The average Bonchev–Trinajstić information content (AvgIpc) is 2.49. The van der Waals surface area contributed by atoms with Crippen LogP contribution in [0.4, 0.5) is 5.69 Å². The number of hydrogen-bond acceptors (Lipinski definition) is 4. The normalized spacial score (nSPS) is 10.8. The van der Waals surface area contributed by atoms with Gasteiger partial charge in [-0.2, -0.15) is 5.10 Å². The molecule has 0 spiro atoms. The molecule has 0 saturated carbocycles. The van der Waals surface area contributed by atoms with Gasteiger partial charge in [-0.15, -0.1) is 0 Å². The number of halogens is 2. The van der Waals surface area contributed by atoms with Crippen LogP contribution in [-0.4, -0.2) is 31.3 Å². The number of nitrogens with zero attached hydrogens (tertiary/aromatic N) is 2. The van der Waals surface area contributed by atoms with Gasteiger partial charge in [0.1, 0.15) is 5.75 Å². The number of phenols is 1. The lowest BCUT2D eigenvalue weighted by atomic mass is 10.2. The van der Waals surface area contributed by atoms with Crippen LogP contribution in [0.25, 0.3) is 0 Å². The highest BCUT2D eigenvalue weighted by Crippen LogP contribution is 2.29. The van der Waals surface area contributed by atoms with Crippen LogP contribution in [0.2, 0.25) is 10.0 Å². The van der Waals surface area contributed by atoms with Crippen molar-refractivity contribution in [2.75, 3.05) is 19.0 Å². The highest BCUT2D eigenvalue weighted by atomic mass is 35.5. The summed E-state index contributed by atoms with van der Waals surface area (Å²) in [5, 5.41) is 14.1. The van der Waals surface area contributed by atoms with Crippen LogP contribution < -0.4 is 10.3 Å². The van der Waals surface area contributed by atoms with Crippen LogP contribution in [0.15, 0.2) is 41.5 Å². The van der Waals surface area contributed by atoms with E-state index in [4.69, 9.17) is 23.2 Å². The molecule has 2 N–H and O–H groups in total. The van der Waals surface area contributed by atoms with Crippen molar-refractivity contribution >= 4 is 41.0 Å². The van der Waals surface area contributed by atoms with Gasteiger partial charge in [0.25, 0.3) is 5.91 Å². The minimum Gasteiger partial charge on any atom is -0.508 e. The molecular weight excluding hydrogens is 337 g/mol. The van der Waals surface area contributed by atoms with Gasteiger partial charge < -0.3 is 10.0 Å². The maximum atomic E-state index is 11.9. The van der Waals surface area contributed by atoms with Gasteiger partial charge in [-0.25, -0.2) is 5.43 Å². The zero-order valence-electron chi connectivity index (χ0n) is 12.5. The maximum absolute atomic E-state index is 11.9. The number of benzene rings is 2. The lowest BCUT2D eigenvalue weighted by Crippen LogP contribution is -2.18. The maximum Gasteiger partial charge on any atom is 0.271 e. The number of carbonyl (C=O) groups is 1. The molecular formula is C16H15Cl2N3O2. The fourth-order valence-corrected chi connectivity index (χ4v) is 2.43. The number of anilines is 1. The smallest absolute Gasteiger partial charge is 0.271 e. The molecule has 0 aliphatic carbocycles. The van der Waals surface area contributed by atoms with E-state index in [9.17, 15) is 9.90 Å². The SMILES string of the molecule is CN(C)c1cc(Cl)cc(Cl)c1C=NNC(=O)c1ccc(O)cc1. The molecule has 7 heteroatoms. The van der Waals surface area contributed by atoms with Crippen molar-refractivity contribution in [1.29, 1.82) is 0 Å². The lowest BCUT2D eigenvalue weighted by Gasteiger charge is -2.16. The predicted octanol–water partition coefficient (Wildman–Crippen LogP) is 3.53. The third-order valence-corrected chi connectivity index (χ3v) is 3.57. The van der Waals surface area contributed by atoms with Gasteiger partial charge in [-0.05, 0) is 36.4 Å². The van der Waals surface area contributed by atoms with Gasteiger partial charge in [-0.3, -0.25) is 4.79 Å². The molecule has 0 radical (unpaired) electrons. The molecule has 5 nitrogen and oxygen atoms in total. The largest absolute Gasteiger partial charge is 0.508 e. The van der Waals surface area contributed by atoms with Crippen molar-refractivity contribution < 1.29 is 9.90 Å². The lowest BCUT2D eigenvalue weighted by molar-refractivity contribution is 0.0955. The van der Waals surface area contributed by atoms with Gasteiger partial charge in [0.15, 0.2) is 0 Å². The van der Waals surface area contributed by atoms with Crippen molar-refractivity contribution in [1.82, 2.24) is 5.43 Å². The second-order valence-corrected chi connectivity index (χ2v) is 5.80. The first kappa shape index (κ1) is 17.1. The summed E-state index contributed by atoms with van der Waals surface area (Å²) in [5.41, 5.74) is 4.23. The Hall–Kier alpha value is -2.24. The van der Waals surface area contributed by atoms with Crippen LogP contribution in [0.1, 0.15) is 15.9 Å². The fourth-order valence-electron chi connectivity index (χ4n) is 1.90. The highest BCUT2D eigenvalue weighted by molar-refractivity contribution is 6.37. The van der Waals surface area contributed by atoms with Crippen molar-refractivity contribution in [3.05, 3.63) is 57.6 Å². The van der Waals surface area contributed by atoms with Crippen molar-refractivity contribution in [2.45, 2.75) is 0 Å². The molecule has 0 saturated heterocycles. The van der Waals surface area contributed by atoms with E-state index >= 15 is 0 Å². The van der Waals surface area contributed by atoms with E-state index in [0.29, 0.717) is 21.2 Å². The average molecular weight is 352 g/mol. The minimum atomic E-state index is -0.391. The summed E-state index contributed by atoms with van der Waals surface area (Å²) < 4.78 is 0. The van der Waals surface area contributed by atoms with Crippen LogP contribution in [0.5, 0.6) is 5.75 Å². The third-order valence-electron chi connectivity index (χ3n) is 3.04. The van der Waals surface area contributed by atoms with Gasteiger partial charge in [0.05, 0.1) is 11.2 Å². The van der Waals surface area contributed by atoms with Crippen LogP contribution in [-0.2, 0) is 0 Å². The minimum absolute atomic E-state index is 0.0913. The monoisotopic (exact) mass is 351 g/mol. The Morgan fingerprint density at radius 1 is 1.22 bits per heavy atom. The van der Waals surface area contributed by atoms with Gasteiger partial charge in [0, 0.05) is 35.9 Å². The Balaban J connectivity index is 2.17. The molecule has 23 heavy (non-hydrogen) atoms. The standard InChI is InChI=1S/C16H15Cl2N3O2/c1-21(2)15-8-11(17)7-14(18)13(15)9-19-20-16(23)10-3-5-12(22)6-4-10/h3-9,22H,1-2H3,(H,20,23). The van der Waals surface area contributed by atoms with E-state index < -0.39 is 5.91 Å². The molecule has 0 unspecified atom stereocenters. The zero-order chi connectivity index (χ0) is 17.0.